The number of hydrogen-bond acceptors (Lipinski definition) is 1. The van der Waals surface area contributed by atoms with E-state index in [4.69, 9.17) is 0 Å². The number of hydrogen-bond donors (Lipinski definition) is 1. The van der Waals surface area contributed by atoms with Gasteiger partial charge in [0.25, 0.3) is 0 Å². The number of aliphatic hydroxyl groups excluding tert-OH is 1. The van der Waals surface area contributed by atoms with Crippen LogP contribution in [0.25, 0.3) is 0 Å². The van der Waals surface area contributed by atoms with E-state index in [1.807, 2.05) is 6.08 Å². The summed E-state index contributed by atoms with van der Waals surface area (Å²) in [7, 11) is 0. The first kappa shape index (κ1) is 13.2. The zero-order valence-corrected chi connectivity index (χ0v) is 10.6. The van der Waals surface area contributed by atoms with Crippen LogP contribution in [-0.4, -0.2) is 5.11 Å². The van der Waals surface area contributed by atoms with Crippen LogP contribution in [0.15, 0.2) is 11.8 Å². The Hall–Kier alpha value is -0.900. The fourth-order valence-electron chi connectivity index (χ4n) is 2.05. The molecule has 0 fully saturated rings. The van der Waals surface area contributed by atoms with Crippen molar-refractivity contribution in [2.75, 3.05) is 0 Å². The molecule has 2 atom stereocenters. The van der Waals surface area contributed by atoms with Gasteiger partial charge < -0.3 is 5.11 Å². The van der Waals surface area contributed by atoms with Crippen LogP contribution in [0, 0.1) is 23.7 Å². The molecule has 0 spiro atoms. The molecular formula is C15H24O. The molecule has 1 N–H and O–H groups in total. The minimum Gasteiger partial charge on any atom is -0.511 e. The summed E-state index contributed by atoms with van der Waals surface area (Å²) in [5.74, 6) is 7.69. The molecule has 1 unspecified atom stereocenters. The molecule has 0 aliphatic heterocycles. The summed E-state index contributed by atoms with van der Waals surface area (Å²) >= 11 is 0. The minimum atomic E-state index is 0.106. The first-order valence-electron chi connectivity index (χ1n) is 6.61. The average Bonchev–Trinajstić information content (AvgIpc) is 2.28. The third-order valence-corrected chi connectivity index (χ3v) is 3.16. The van der Waals surface area contributed by atoms with Gasteiger partial charge in [-0.2, -0.15) is 0 Å². The molecule has 0 aromatic rings. The Balaban J connectivity index is 2.27. The van der Waals surface area contributed by atoms with Crippen LogP contribution in [0.4, 0.5) is 0 Å². The largest absolute Gasteiger partial charge is 0.511 e. The highest BCUT2D eigenvalue weighted by Gasteiger charge is 2.19. The van der Waals surface area contributed by atoms with Gasteiger partial charge in [-0.1, -0.05) is 39.0 Å². The van der Waals surface area contributed by atoms with Crippen LogP contribution in [-0.2, 0) is 0 Å². The molecular weight excluding hydrogens is 196 g/mol. The predicted octanol–water partition coefficient (Wildman–Crippen LogP) is 4.45. The van der Waals surface area contributed by atoms with E-state index in [1.165, 1.54) is 25.7 Å². The maximum Gasteiger partial charge on any atom is 0.103 e. The second kappa shape index (κ2) is 7.39. The third kappa shape index (κ3) is 4.75. The fraction of sp³-hybridized carbons (Fsp3) is 0.733. The van der Waals surface area contributed by atoms with Crippen molar-refractivity contribution < 1.29 is 5.11 Å². The van der Waals surface area contributed by atoms with Gasteiger partial charge in [0.05, 0.1) is 5.92 Å². The Labute approximate surface area is 99.9 Å². The summed E-state index contributed by atoms with van der Waals surface area (Å²) in [6.45, 7) is 4.44. The van der Waals surface area contributed by atoms with Gasteiger partial charge in [0, 0.05) is 6.42 Å². The van der Waals surface area contributed by atoms with E-state index >= 15 is 0 Å². The molecule has 1 aliphatic rings. The number of rotatable bonds is 4. The Morgan fingerprint density at radius 3 is 2.94 bits per heavy atom. The predicted molar refractivity (Wildman–Crippen MR) is 69.1 cm³/mol. The van der Waals surface area contributed by atoms with Gasteiger partial charge in [0.15, 0.2) is 0 Å². The Kier molecular flexibility index (Phi) is 6.08. The summed E-state index contributed by atoms with van der Waals surface area (Å²) in [5.41, 5.74) is 0. The van der Waals surface area contributed by atoms with E-state index in [1.54, 1.807) is 0 Å². The molecule has 1 nitrogen and oxygen atoms in total. The lowest BCUT2D eigenvalue weighted by Crippen LogP contribution is -2.12. The molecule has 0 radical (unpaired) electrons. The van der Waals surface area contributed by atoms with Crippen molar-refractivity contribution in [3.05, 3.63) is 11.8 Å². The van der Waals surface area contributed by atoms with Crippen molar-refractivity contribution in [2.45, 2.75) is 58.8 Å². The lowest BCUT2D eigenvalue weighted by Gasteiger charge is -2.20. The second-order valence-corrected chi connectivity index (χ2v) is 4.89. The summed E-state index contributed by atoms with van der Waals surface area (Å²) in [6.07, 6.45) is 10.0. The average molecular weight is 220 g/mol. The van der Waals surface area contributed by atoms with Crippen molar-refractivity contribution in [1.29, 1.82) is 0 Å². The number of unbranched alkanes of at least 4 members (excludes halogenated alkanes) is 4. The molecule has 0 saturated carbocycles. The molecule has 1 aliphatic carbocycles. The van der Waals surface area contributed by atoms with Crippen molar-refractivity contribution in [3.8, 4) is 11.8 Å². The van der Waals surface area contributed by atoms with Crippen LogP contribution >= 0.6 is 0 Å². The van der Waals surface area contributed by atoms with E-state index in [2.05, 4.69) is 25.7 Å². The highest BCUT2D eigenvalue weighted by Crippen LogP contribution is 2.26. The summed E-state index contributed by atoms with van der Waals surface area (Å²) in [5, 5.41) is 9.69. The van der Waals surface area contributed by atoms with Gasteiger partial charge in [-0.15, -0.1) is 5.92 Å². The lowest BCUT2D eigenvalue weighted by molar-refractivity contribution is 0.307. The third-order valence-electron chi connectivity index (χ3n) is 3.16. The van der Waals surface area contributed by atoms with Crippen LogP contribution in [0.5, 0.6) is 0 Å². The van der Waals surface area contributed by atoms with Gasteiger partial charge in [-0.3, -0.25) is 0 Å². The zero-order valence-electron chi connectivity index (χ0n) is 10.6. The zero-order chi connectivity index (χ0) is 11.8. The Morgan fingerprint density at radius 1 is 1.38 bits per heavy atom. The SMILES string of the molecule is CCCCCCC#CC1C[C@H](C)CC=C1O. The van der Waals surface area contributed by atoms with Gasteiger partial charge in [0.2, 0.25) is 0 Å². The van der Waals surface area contributed by atoms with E-state index < -0.39 is 0 Å². The fourth-order valence-corrected chi connectivity index (χ4v) is 2.05. The van der Waals surface area contributed by atoms with Crippen molar-refractivity contribution in [3.63, 3.8) is 0 Å². The molecule has 0 saturated heterocycles. The molecule has 0 aromatic carbocycles. The van der Waals surface area contributed by atoms with E-state index in [0.29, 0.717) is 11.7 Å². The van der Waals surface area contributed by atoms with Crippen molar-refractivity contribution in [1.82, 2.24) is 0 Å². The molecule has 0 bridgehead atoms. The van der Waals surface area contributed by atoms with Crippen molar-refractivity contribution in [2.24, 2.45) is 11.8 Å². The number of aliphatic hydroxyl groups is 1. The van der Waals surface area contributed by atoms with Crippen LogP contribution in [0.2, 0.25) is 0 Å². The smallest absolute Gasteiger partial charge is 0.103 e. The van der Waals surface area contributed by atoms with Gasteiger partial charge >= 0.3 is 0 Å². The van der Waals surface area contributed by atoms with Crippen LogP contribution in [0.1, 0.15) is 58.8 Å². The summed E-state index contributed by atoms with van der Waals surface area (Å²) in [4.78, 5) is 0. The van der Waals surface area contributed by atoms with Crippen LogP contribution < -0.4 is 0 Å². The minimum absolute atomic E-state index is 0.106. The van der Waals surface area contributed by atoms with Gasteiger partial charge in [-0.05, 0) is 31.3 Å². The number of allylic oxidation sites excluding steroid dienone is 2. The molecule has 0 aromatic heterocycles. The van der Waals surface area contributed by atoms with Gasteiger partial charge in [0.1, 0.15) is 5.76 Å². The molecule has 16 heavy (non-hydrogen) atoms. The summed E-state index contributed by atoms with van der Waals surface area (Å²) < 4.78 is 0. The Bertz CT molecular complexity index is 280. The quantitative estimate of drug-likeness (QED) is 0.548. The maximum atomic E-state index is 9.69. The first-order chi connectivity index (χ1) is 7.74. The molecule has 1 heteroatoms. The maximum absolute atomic E-state index is 9.69. The molecule has 0 amide bonds. The highest BCUT2D eigenvalue weighted by molar-refractivity contribution is 5.17. The van der Waals surface area contributed by atoms with E-state index in [-0.39, 0.29) is 5.92 Å². The van der Waals surface area contributed by atoms with Crippen LogP contribution in [0.3, 0.4) is 0 Å². The normalized spacial score (nSPS) is 24.5. The van der Waals surface area contributed by atoms with Crippen molar-refractivity contribution >= 4 is 0 Å². The monoisotopic (exact) mass is 220 g/mol. The Morgan fingerprint density at radius 2 is 2.19 bits per heavy atom. The highest BCUT2D eigenvalue weighted by atomic mass is 16.3. The standard InChI is InChI=1S/C15H24O/c1-3-4-5-6-7-8-9-14-12-13(2)10-11-15(14)16/h11,13-14,16H,3-7,10,12H2,1-2H3/t13-,14?/m1/s1. The second-order valence-electron chi connectivity index (χ2n) is 4.89. The topological polar surface area (TPSA) is 20.2 Å². The van der Waals surface area contributed by atoms with E-state index in [0.717, 1.165) is 19.3 Å². The molecule has 1 rings (SSSR count). The lowest BCUT2D eigenvalue weighted by atomic mass is 9.87. The first-order valence-corrected chi connectivity index (χ1v) is 6.61. The molecule has 0 heterocycles. The van der Waals surface area contributed by atoms with Gasteiger partial charge in [-0.25, -0.2) is 0 Å². The molecule has 90 valence electrons. The van der Waals surface area contributed by atoms with E-state index in [9.17, 15) is 5.11 Å². The summed E-state index contributed by atoms with van der Waals surface area (Å²) in [6, 6.07) is 0.